The van der Waals surface area contributed by atoms with Gasteiger partial charge in [-0.25, -0.2) is 8.78 Å². The number of halogens is 2. The predicted molar refractivity (Wildman–Crippen MR) is 58.1 cm³/mol. The molecular formula is C11H14F2N2O2. The summed E-state index contributed by atoms with van der Waals surface area (Å²) in [6, 6.07) is 3.53. The molecule has 0 bridgehead atoms. The van der Waals surface area contributed by atoms with Crippen LogP contribution in [0.5, 0.6) is 0 Å². The van der Waals surface area contributed by atoms with Crippen molar-refractivity contribution in [3.05, 3.63) is 35.4 Å². The Balaban J connectivity index is 2.41. The number of amides is 1. The van der Waals surface area contributed by atoms with Gasteiger partial charge in [-0.1, -0.05) is 6.07 Å². The minimum absolute atomic E-state index is 0.156. The second kappa shape index (κ2) is 6.27. The third kappa shape index (κ3) is 4.08. The Bertz CT molecular complexity index is 399. The molecule has 4 N–H and O–H groups in total. The van der Waals surface area contributed by atoms with Gasteiger partial charge in [0.05, 0.1) is 0 Å². The molecule has 94 valence electrons. The summed E-state index contributed by atoms with van der Waals surface area (Å²) in [4.78, 5) is 11.1. The lowest BCUT2D eigenvalue weighted by atomic mass is 10.1. The molecule has 1 unspecified atom stereocenters. The van der Waals surface area contributed by atoms with Crippen molar-refractivity contribution in [2.75, 3.05) is 13.1 Å². The normalized spacial score (nSPS) is 12.2. The Hall–Kier alpha value is -1.53. The van der Waals surface area contributed by atoms with Crippen molar-refractivity contribution in [1.82, 2.24) is 5.32 Å². The maximum absolute atomic E-state index is 12.8. The molecule has 6 heteroatoms. The fraction of sp³-hybridized carbons (Fsp3) is 0.364. The second-order valence-electron chi connectivity index (χ2n) is 3.54. The van der Waals surface area contributed by atoms with Gasteiger partial charge in [0.25, 0.3) is 0 Å². The molecule has 1 amide bonds. The molecule has 0 saturated carbocycles. The molecule has 0 radical (unpaired) electrons. The molecule has 0 aliphatic heterocycles. The van der Waals surface area contributed by atoms with Crippen LogP contribution < -0.4 is 11.1 Å². The Morgan fingerprint density at radius 3 is 2.71 bits per heavy atom. The summed E-state index contributed by atoms with van der Waals surface area (Å²) in [5.41, 5.74) is 5.65. The average Bonchev–Trinajstić information content (AvgIpc) is 2.32. The zero-order chi connectivity index (χ0) is 12.8. The van der Waals surface area contributed by atoms with E-state index in [0.29, 0.717) is 12.0 Å². The van der Waals surface area contributed by atoms with Gasteiger partial charge in [0.2, 0.25) is 5.91 Å². The minimum Gasteiger partial charge on any atom is -0.382 e. The molecule has 0 fully saturated rings. The topological polar surface area (TPSA) is 75.3 Å². The Morgan fingerprint density at radius 2 is 2.12 bits per heavy atom. The van der Waals surface area contributed by atoms with Gasteiger partial charge in [0, 0.05) is 13.1 Å². The first-order chi connectivity index (χ1) is 8.04. The fourth-order valence-electron chi connectivity index (χ4n) is 1.25. The van der Waals surface area contributed by atoms with E-state index < -0.39 is 23.6 Å². The van der Waals surface area contributed by atoms with Crippen molar-refractivity contribution < 1.29 is 18.7 Å². The third-order valence-electron chi connectivity index (χ3n) is 2.22. The summed E-state index contributed by atoms with van der Waals surface area (Å²) in [6.45, 7) is 0.0674. The summed E-state index contributed by atoms with van der Waals surface area (Å²) < 4.78 is 25.4. The lowest BCUT2D eigenvalue weighted by Crippen LogP contribution is -2.39. The zero-order valence-electron chi connectivity index (χ0n) is 9.12. The van der Waals surface area contributed by atoms with E-state index in [0.717, 1.165) is 12.1 Å². The van der Waals surface area contributed by atoms with Crippen molar-refractivity contribution in [2.45, 2.75) is 12.5 Å². The maximum Gasteiger partial charge on any atom is 0.250 e. The van der Waals surface area contributed by atoms with E-state index in [-0.39, 0.29) is 13.1 Å². The van der Waals surface area contributed by atoms with Gasteiger partial charge in [-0.3, -0.25) is 4.79 Å². The highest BCUT2D eigenvalue weighted by Gasteiger charge is 2.11. The Morgan fingerprint density at radius 1 is 1.41 bits per heavy atom. The van der Waals surface area contributed by atoms with Crippen molar-refractivity contribution in [3.8, 4) is 0 Å². The first kappa shape index (κ1) is 13.5. The van der Waals surface area contributed by atoms with Gasteiger partial charge < -0.3 is 16.2 Å². The van der Waals surface area contributed by atoms with E-state index >= 15 is 0 Å². The van der Waals surface area contributed by atoms with E-state index in [9.17, 15) is 13.6 Å². The molecule has 0 aliphatic rings. The van der Waals surface area contributed by atoms with E-state index in [1.165, 1.54) is 6.07 Å². The molecule has 0 aliphatic carbocycles. The summed E-state index contributed by atoms with van der Waals surface area (Å²) in [5, 5.41) is 11.5. The van der Waals surface area contributed by atoms with E-state index in [1.807, 2.05) is 0 Å². The number of hydrogen-bond donors (Lipinski definition) is 3. The number of rotatable bonds is 5. The van der Waals surface area contributed by atoms with Crippen molar-refractivity contribution in [2.24, 2.45) is 5.73 Å². The van der Waals surface area contributed by atoms with Crippen LogP contribution in [0.2, 0.25) is 0 Å². The number of hydrogen-bond acceptors (Lipinski definition) is 3. The number of carbonyl (C=O) groups is 1. The molecule has 0 aromatic heterocycles. The standard InChI is InChI=1S/C11H14F2N2O2/c12-8-2-1-7(5-9(8)13)3-4-15-11(17)10(16)6-14/h1-2,5,10,16H,3-4,6,14H2,(H,15,17). The predicted octanol–water partition coefficient (Wildman–Crippen LogP) is -0.0569. The number of aliphatic hydroxyl groups is 1. The highest BCUT2D eigenvalue weighted by molar-refractivity contribution is 5.80. The monoisotopic (exact) mass is 244 g/mol. The molecule has 0 spiro atoms. The first-order valence-electron chi connectivity index (χ1n) is 5.14. The molecular weight excluding hydrogens is 230 g/mol. The first-order valence-corrected chi connectivity index (χ1v) is 5.14. The zero-order valence-corrected chi connectivity index (χ0v) is 9.12. The van der Waals surface area contributed by atoms with Crippen molar-refractivity contribution >= 4 is 5.91 Å². The third-order valence-corrected chi connectivity index (χ3v) is 2.22. The molecule has 0 heterocycles. The van der Waals surface area contributed by atoms with Crippen LogP contribution in [-0.4, -0.2) is 30.2 Å². The fourth-order valence-corrected chi connectivity index (χ4v) is 1.25. The van der Waals surface area contributed by atoms with Gasteiger partial charge in [0.15, 0.2) is 11.6 Å². The maximum atomic E-state index is 12.8. The van der Waals surface area contributed by atoms with Crippen LogP contribution >= 0.6 is 0 Å². The highest BCUT2D eigenvalue weighted by atomic mass is 19.2. The molecule has 1 rings (SSSR count). The summed E-state index contributed by atoms with van der Waals surface area (Å²) in [7, 11) is 0. The highest BCUT2D eigenvalue weighted by Crippen LogP contribution is 2.08. The lowest BCUT2D eigenvalue weighted by Gasteiger charge is -2.09. The smallest absolute Gasteiger partial charge is 0.250 e. The number of nitrogens with one attached hydrogen (secondary N) is 1. The molecule has 1 aromatic rings. The van der Waals surface area contributed by atoms with Gasteiger partial charge >= 0.3 is 0 Å². The van der Waals surface area contributed by atoms with Crippen LogP contribution in [0.15, 0.2) is 18.2 Å². The lowest BCUT2D eigenvalue weighted by molar-refractivity contribution is -0.128. The van der Waals surface area contributed by atoms with Crippen LogP contribution in [0.1, 0.15) is 5.56 Å². The van der Waals surface area contributed by atoms with Crippen molar-refractivity contribution in [1.29, 1.82) is 0 Å². The van der Waals surface area contributed by atoms with Gasteiger partial charge in [-0.2, -0.15) is 0 Å². The second-order valence-corrected chi connectivity index (χ2v) is 3.54. The van der Waals surface area contributed by atoms with Crippen LogP contribution in [0.3, 0.4) is 0 Å². The Kier molecular flexibility index (Phi) is 4.99. The quantitative estimate of drug-likeness (QED) is 0.679. The molecule has 1 atom stereocenters. The van der Waals surface area contributed by atoms with Crippen LogP contribution in [0.25, 0.3) is 0 Å². The van der Waals surface area contributed by atoms with Crippen molar-refractivity contribution in [3.63, 3.8) is 0 Å². The molecule has 17 heavy (non-hydrogen) atoms. The summed E-state index contributed by atoms with van der Waals surface area (Å²) >= 11 is 0. The van der Waals surface area contributed by atoms with Gasteiger partial charge in [-0.15, -0.1) is 0 Å². The number of benzene rings is 1. The summed E-state index contributed by atoms with van der Waals surface area (Å²) in [5.74, 6) is -2.40. The van der Waals surface area contributed by atoms with Gasteiger partial charge in [0.1, 0.15) is 6.10 Å². The molecule has 4 nitrogen and oxygen atoms in total. The number of carbonyl (C=O) groups excluding carboxylic acids is 1. The van der Waals surface area contributed by atoms with E-state index in [1.54, 1.807) is 0 Å². The molecule has 1 aromatic carbocycles. The largest absolute Gasteiger partial charge is 0.382 e. The summed E-state index contributed by atoms with van der Waals surface area (Å²) in [6.07, 6.45) is -0.889. The SMILES string of the molecule is NCC(O)C(=O)NCCc1ccc(F)c(F)c1. The number of nitrogens with two attached hydrogens (primary N) is 1. The van der Waals surface area contributed by atoms with E-state index in [4.69, 9.17) is 10.8 Å². The van der Waals surface area contributed by atoms with Crippen LogP contribution in [-0.2, 0) is 11.2 Å². The number of aliphatic hydroxyl groups excluding tert-OH is 1. The minimum atomic E-state index is -1.24. The van der Waals surface area contributed by atoms with Crippen LogP contribution in [0.4, 0.5) is 8.78 Å². The van der Waals surface area contributed by atoms with E-state index in [2.05, 4.69) is 5.32 Å². The van der Waals surface area contributed by atoms with Crippen LogP contribution in [0, 0.1) is 11.6 Å². The Labute approximate surface area is 97.4 Å². The molecule has 0 saturated heterocycles. The van der Waals surface area contributed by atoms with Gasteiger partial charge in [-0.05, 0) is 24.1 Å². The average molecular weight is 244 g/mol.